The summed E-state index contributed by atoms with van der Waals surface area (Å²) in [7, 11) is 0. The highest BCUT2D eigenvalue weighted by molar-refractivity contribution is 4.98. The molecule has 0 aromatic carbocycles. The van der Waals surface area contributed by atoms with Crippen LogP contribution in [0.2, 0.25) is 0 Å². The van der Waals surface area contributed by atoms with Crippen molar-refractivity contribution in [1.82, 2.24) is 5.32 Å². The highest BCUT2D eigenvalue weighted by Gasteiger charge is 2.45. The summed E-state index contributed by atoms with van der Waals surface area (Å²) < 4.78 is 6.05. The summed E-state index contributed by atoms with van der Waals surface area (Å²) in [6.45, 7) is 14.4. The Bertz CT molecular complexity index is 211. The number of hydrogen-bond acceptors (Lipinski definition) is 2. The first kappa shape index (κ1) is 13.0. The second-order valence-electron chi connectivity index (χ2n) is 6.14. The summed E-state index contributed by atoms with van der Waals surface area (Å²) in [5, 5.41) is 3.65. The van der Waals surface area contributed by atoms with Gasteiger partial charge in [-0.1, -0.05) is 20.3 Å². The third kappa shape index (κ3) is 3.46. The van der Waals surface area contributed by atoms with E-state index in [9.17, 15) is 0 Å². The Morgan fingerprint density at radius 2 is 1.93 bits per heavy atom. The number of nitrogens with one attached hydrogen (secondary N) is 1. The van der Waals surface area contributed by atoms with Crippen LogP contribution < -0.4 is 5.32 Å². The molecule has 1 heterocycles. The van der Waals surface area contributed by atoms with Gasteiger partial charge in [0.1, 0.15) is 0 Å². The van der Waals surface area contributed by atoms with Crippen LogP contribution in [-0.4, -0.2) is 23.8 Å². The molecule has 0 aliphatic carbocycles. The van der Waals surface area contributed by atoms with Crippen molar-refractivity contribution in [1.29, 1.82) is 0 Å². The van der Waals surface area contributed by atoms with E-state index in [1.807, 2.05) is 0 Å². The molecular weight excluding hydrogens is 186 g/mol. The van der Waals surface area contributed by atoms with E-state index >= 15 is 0 Å². The maximum absolute atomic E-state index is 6.05. The quantitative estimate of drug-likeness (QED) is 0.775. The van der Waals surface area contributed by atoms with Gasteiger partial charge in [-0.25, -0.2) is 0 Å². The average molecular weight is 213 g/mol. The molecule has 0 saturated carbocycles. The van der Waals surface area contributed by atoms with Gasteiger partial charge < -0.3 is 10.1 Å². The maximum Gasteiger partial charge on any atom is 0.0787 e. The van der Waals surface area contributed by atoms with Crippen molar-refractivity contribution in [2.24, 2.45) is 5.92 Å². The van der Waals surface area contributed by atoms with Crippen LogP contribution in [0.3, 0.4) is 0 Å². The first-order valence-electron chi connectivity index (χ1n) is 6.20. The van der Waals surface area contributed by atoms with Crippen LogP contribution in [0.15, 0.2) is 0 Å². The number of rotatable bonds is 4. The van der Waals surface area contributed by atoms with Crippen LogP contribution in [0.4, 0.5) is 0 Å². The van der Waals surface area contributed by atoms with Crippen LogP contribution in [0.25, 0.3) is 0 Å². The molecule has 0 amide bonds. The highest BCUT2D eigenvalue weighted by atomic mass is 16.5. The summed E-state index contributed by atoms with van der Waals surface area (Å²) in [6, 6.07) is 0.487. The van der Waals surface area contributed by atoms with Crippen molar-refractivity contribution in [3.8, 4) is 0 Å². The van der Waals surface area contributed by atoms with Gasteiger partial charge in [0.2, 0.25) is 0 Å². The lowest BCUT2D eigenvalue weighted by Crippen LogP contribution is -2.44. The Morgan fingerprint density at radius 1 is 1.33 bits per heavy atom. The molecule has 0 aromatic rings. The molecule has 1 aliphatic heterocycles. The summed E-state index contributed by atoms with van der Waals surface area (Å²) >= 11 is 0. The van der Waals surface area contributed by atoms with Crippen molar-refractivity contribution in [2.45, 2.75) is 71.6 Å². The summed E-state index contributed by atoms with van der Waals surface area (Å²) in [5.74, 6) is 0.754. The number of ether oxygens (including phenoxy) is 1. The zero-order valence-corrected chi connectivity index (χ0v) is 11.2. The second-order valence-corrected chi connectivity index (χ2v) is 6.14. The molecule has 1 saturated heterocycles. The van der Waals surface area contributed by atoms with Crippen molar-refractivity contribution in [2.75, 3.05) is 6.54 Å². The van der Waals surface area contributed by atoms with E-state index in [-0.39, 0.29) is 11.2 Å². The molecule has 2 heteroatoms. The molecule has 2 unspecified atom stereocenters. The molecule has 0 radical (unpaired) electrons. The van der Waals surface area contributed by atoms with E-state index in [0.29, 0.717) is 6.04 Å². The molecule has 1 aliphatic rings. The first-order valence-corrected chi connectivity index (χ1v) is 6.20. The van der Waals surface area contributed by atoms with Gasteiger partial charge in [0.25, 0.3) is 0 Å². The van der Waals surface area contributed by atoms with Gasteiger partial charge in [-0.2, -0.15) is 0 Å². The van der Waals surface area contributed by atoms with Gasteiger partial charge in [0.05, 0.1) is 11.2 Å². The minimum atomic E-state index is -0.0308. The molecule has 0 bridgehead atoms. The monoisotopic (exact) mass is 213 g/mol. The van der Waals surface area contributed by atoms with Gasteiger partial charge in [-0.15, -0.1) is 0 Å². The smallest absolute Gasteiger partial charge is 0.0787 e. The van der Waals surface area contributed by atoms with Crippen molar-refractivity contribution in [3.63, 3.8) is 0 Å². The van der Waals surface area contributed by atoms with Crippen molar-refractivity contribution in [3.05, 3.63) is 0 Å². The fraction of sp³-hybridized carbons (Fsp3) is 1.00. The second kappa shape index (κ2) is 4.42. The Balaban J connectivity index is 2.48. The third-order valence-electron chi connectivity index (χ3n) is 3.48. The predicted octanol–water partition coefficient (Wildman–Crippen LogP) is 2.97. The van der Waals surface area contributed by atoms with Gasteiger partial charge >= 0.3 is 0 Å². The first-order chi connectivity index (χ1) is 6.77. The lowest BCUT2D eigenvalue weighted by atomic mass is 9.94. The normalized spacial score (nSPS) is 30.4. The summed E-state index contributed by atoms with van der Waals surface area (Å²) in [5.41, 5.74) is -0.00637. The number of hydrogen-bond donors (Lipinski definition) is 1. The van der Waals surface area contributed by atoms with Crippen LogP contribution in [0.5, 0.6) is 0 Å². The van der Waals surface area contributed by atoms with E-state index in [1.54, 1.807) is 0 Å². The molecule has 1 rings (SSSR count). The molecule has 90 valence electrons. The standard InChI is InChI=1S/C13H27NO/c1-7-10(2)9-14-11-8-12(3,4)15-13(11,5)6/h10-11,14H,7-9H2,1-6H3. The largest absolute Gasteiger partial charge is 0.368 e. The molecular formula is C13H27NO. The van der Waals surface area contributed by atoms with E-state index < -0.39 is 0 Å². The molecule has 0 spiro atoms. The Kier molecular flexibility index (Phi) is 3.83. The zero-order chi connectivity index (χ0) is 11.7. The van der Waals surface area contributed by atoms with Crippen molar-refractivity contribution >= 4 is 0 Å². The molecule has 2 atom stereocenters. The van der Waals surface area contributed by atoms with Crippen LogP contribution >= 0.6 is 0 Å². The molecule has 1 N–H and O–H groups in total. The van der Waals surface area contributed by atoms with Gasteiger partial charge in [0, 0.05) is 6.04 Å². The Labute approximate surface area is 94.8 Å². The summed E-state index contributed by atoms with van der Waals surface area (Å²) in [4.78, 5) is 0. The maximum atomic E-state index is 6.05. The Morgan fingerprint density at radius 3 is 2.33 bits per heavy atom. The zero-order valence-electron chi connectivity index (χ0n) is 11.2. The van der Waals surface area contributed by atoms with Crippen LogP contribution in [-0.2, 0) is 4.74 Å². The highest BCUT2D eigenvalue weighted by Crippen LogP contribution is 2.37. The van der Waals surface area contributed by atoms with Crippen molar-refractivity contribution < 1.29 is 4.74 Å². The fourth-order valence-electron chi connectivity index (χ4n) is 2.37. The average Bonchev–Trinajstić information content (AvgIpc) is 2.29. The van der Waals surface area contributed by atoms with Gasteiger partial charge in [-0.05, 0) is 46.6 Å². The third-order valence-corrected chi connectivity index (χ3v) is 3.48. The lowest BCUT2D eigenvalue weighted by molar-refractivity contribution is -0.0699. The topological polar surface area (TPSA) is 21.3 Å². The lowest BCUT2D eigenvalue weighted by Gasteiger charge is -2.28. The molecule has 15 heavy (non-hydrogen) atoms. The minimum absolute atomic E-state index is 0.0244. The van der Waals surface area contributed by atoms with E-state index in [0.717, 1.165) is 18.9 Å². The van der Waals surface area contributed by atoms with E-state index in [1.165, 1.54) is 6.42 Å². The van der Waals surface area contributed by atoms with Gasteiger partial charge in [-0.3, -0.25) is 0 Å². The molecule has 1 fully saturated rings. The Hall–Kier alpha value is -0.0800. The van der Waals surface area contributed by atoms with Crippen LogP contribution in [0.1, 0.15) is 54.4 Å². The predicted molar refractivity (Wildman–Crippen MR) is 65.1 cm³/mol. The van der Waals surface area contributed by atoms with Crippen LogP contribution in [0, 0.1) is 5.92 Å². The van der Waals surface area contributed by atoms with E-state index in [2.05, 4.69) is 46.9 Å². The van der Waals surface area contributed by atoms with E-state index in [4.69, 9.17) is 4.74 Å². The molecule has 0 aromatic heterocycles. The summed E-state index contributed by atoms with van der Waals surface area (Å²) in [6.07, 6.45) is 2.35. The SMILES string of the molecule is CCC(C)CNC1CC(C)(C)OC1(C)C. The van der Waals surface area contributed by atoms with Gasteiger partial charge in [0.15, 0.2) is 0 Å². The molecule has 2 nitrogen and oxygen atoms in total. The minimum Gasteiger partial charge on any atom is -0.368 e. The fourth-order valence-corrected chi connectivity index (χ4v) is 2.37.